The second kappa shape index (κ2) is 6.91. The van der Waals surface area contributed by atoms with Gasteiger partial charge in [0.1, 0.15) is 6.04 Å². The first-order chi connectivity index (χ1) is 8.15. The van der Waals surface area contributed by atoms with Crippen LogP contribution in [0.2, 0.25) is 0 Å². The number of nitrogens with one attached hydrogen (secondary N) is 1. The summed E-state index contributed by atoms with van der Waals surface area (Å²) in [5, 5.41) is 3.15. The molecule has 0 saturated carbocycles. The summed E-state index contributed by atoms with van der Waals surface area (Å²) in [6.45, 7) is 3.45. The van der Waals surface area contributed by atoms with Crippen molar-refractivity contribution in [3.05, 3.63) is 30.3 Å². The lowest BCUT2D eigenvalue weighted by molar-refractivity contribution is -0.119. The molecule has 0 spiro atoms. The molecule has 17 heavy (non-hydrogen) atoms. The fraction of sp³-hybridized carbons (Fsp3) is 0.462. The Labute approximate surface area is 103 Å². The summed E-state index contributed by atoms with van der Waals surface area (Å²) < 4.78 is 0. The highest BCUT2D eigenvalue weighted by atomic mass is 16.1. The molecule has 1 aromatic rings. The second-order valence-corrected chi connectivity index (χ2v) is 4.13. The van der Waals surface area contributed by atoms with Crippen LogP contribution in [0.5, 0.6) is 0 Å². The number of primary amides is 1. The van der Waals surface area contributed by atoms with Crippen molar-refractivity contribution in [2.24, 2.45) is 5.73 Å². The van der Waals surface area contributed by atoms with Crippen molar-refractivity contribution in [2.75, 3.05) is 25.0 Å². The van der Waals surface area contributed by atoms with Crippen molar-refractivity contribution in [3.63, 3.8) is 0 Å². The summed E-state index contributed by atoms with van der Waals surface area (Å²) in [6, 6.07) is 9.64. The summed E-state index contributed by atoms with van der Waals surface area (Å²) >= 11 is 0. The van der Waals surface area contributed by atoms with Gasteiger partial charge in [-0.05, 0) is 25.1 Å². The molecule has 1 aromatic carbocycles. The van der Waals surface area contributed by atoms with E-state index in [4.69, 9.17) is 5.73 Å². The monoisotopic (exact) mass is 235 g/mol. The molecule has 0 aliphatic heterocycles. The van der Waals surface area contributed by atoms with Crippen molar-refractivity contribution in [1.82, 2.24) is 5.32 Å². The Kier molecular flexibility index (Phi) is 5.49. The number of amides is 1. The zero-order valence-corrected chi connectivity index (χ0v) is 10.5. The van der Waals surface area contributed by atoms with Gasteiger partial charge in [0.2, 0.25) is 5.91 Å². The van der Waals surface area contributed by atoms with Gasteiger partial charge in [-0.25, -0.2) is 0 Å². The molecule has 0 aromatic heterocycles. The molecular formula is C13H21N3O. The summed E-state index contributed by atoms with van der Waals surface area (Å²) in [5.74, 6) is -0.304. The van der Waals surface area contributed by atoms with Gasteiger partial charge in [0.05, 0.1) is 0 Å². The normalized spacial score (nSPS) is 12.1. The molecule has 0 aliphatic carbocycles. The summed E-state index contributed by atoms with van der Waals surface area (Å²) in [5.41, 5.74) is 6.46. The molecule has 0 fully saturated rings. The van der Waals surface area contributed by atoms with Gasteiger partial charge >= 0.3 is 0 Å². The number of carbonyl (C=O) groups excluding carboxylic acids is 1. The summed E-state index contributed by atoms with van der Waals surface area (Å²) in [6.07, 6.45) is 0.985. The largest absolute Gasteiger partial charge is 0.372 e. The number of hydrogen-bond donors (Lipinski definition) is 2. The van der Waals surface area contributed by atoms with E-state index in [9.17, 15) is 4.79 Å². The smallest absolute Gasteiger partial charge is 0.236 e. The van der Waals surface area contributed by atoms with Gasteiger partial charge in [0.25, 0.3) is 0 Å². The third-order valence-electron chi connectivity index (χ3n) is 2.64. The van der Waals surface area contributed by atoms with E-state index in [2.05, 4.69) is 12.2 Å². The summed E-state index contributed by atoms with van der Waals surface area (Å²) in [4.78, 5) is 13.3. The quantitative estimate of drug-likeness (QED) is 0.740. The van der Waals surface area contributed by atoms with E-state index in [0.717, 1.165) is 18.7 Å². The van der Waals surface area contributed by atoms with Crippen molar-refractivity contribution in [3.8, 4) is 0 Å². The minimum atomic E-state index is -0.305. The topological polar surface area (TPSA) is 58.4 Å². The van der Waals surface area contributed by atoms with Crippen LogP contribution in [0.4, 0.5) is 5.69 Å². The lowest BCUT2D eigenvalue weighted by Crippen LogP contribution is -2.48. The van der Waals surface area contributed by atoms with E-state index in [1.807, 2.05) is 42.3 Å². The van der Waals surface area contributed by atoms with Crippen molar-refractivity contribution in [2.45, 2.75) is 19.4 Å². The first-order valence-corrected chi connectivity index (χ1v) is 5.94. The zero-order chi connectivity index (χ0) is 12.7. The van der Waals surface area contributed by atoms with Crippen LogP contribution >= 0.6 is 0 Å². The molecule has 4 heteroatoms. The van der Waals surface area contributed by atoms with Crippen molar-refractivity contribution < 1.29 is 4.79 Å². The number of para-hydroxylation sites is 1. The highest BCUT2D eigenvalue weighted by Gasteiger charge is 2.16. The number of anilines is 1. The molecule has 1 atom stereocenters. The molecule has 1 amide bonds. The maximum atomic E-state index is 11.3. The third kappa shape index (κ3) is 4.44. The van der Waals surface area contributed by atoms with Gasteiger partial charge in [0.15, 0.2) is 0 Å². The van der Waals surface area contributed by atoms with Gasteiger partial charge in [-0.3, -0.25) is 4.79 Å². The number of rotatable bonds is 7. The molecule has 3 N–H and O–H groups in total. The van der Waals surface area contributed by atoms with Gasteiger partial charge < -0.3 is 16.0 Å². The minimum absolute atomic E-state index is 0.304. The number of benzene rings is 1. The van der Waals surface area contributed by atoms with Gasteiger partial charge in [-0.2, -0.15) is 0 Å². The number of carbonyl (C=O) groups is 1. The van der Waals surface area contributed by atoms with Gasteiger partial charge in [0, 0.05) is 19.3 Å². The first-order valence-electron chi connectivity index (χ1n) is 5.94. The predicted molar refractivity (Wildman–Crippen MR) is 71.0 cm³/mol. The molecule has 0 heterocycles. The Morgan fingerprint density at radius 1 is 1.41 bits per heavy atom. The number of nitrogens with zero attached hydrogens (tertiary/aromatic N) is 1. The molecule has 4 nitrogen and oxygen atoms in total. The van der Waals surface area contributed by atoms with E-state index in [0.29, 0.717) is 6.54 Å². The fourth-order valence-corrected chi connectivity index (χ4v) is 1.64. The molecule has 1 unspecified atom stereocenters. The third-order valence-corrected chi connectivity index (χ3v) is 2.64. The number of nitrogens with two attached hydrogens (primary N) is 1. The van der Waals surface area contributed by atoms with Crippen molar-refractivity contribution in [1.29, 1.82) is 0 Å². The predicted octanol–water partition coefficient (Wildman–Crippen LogP) is 0.976. The van der Waals surface area contributed by atoms with Crippen LogP contribution in [0.15, 0.2) is 30.3 Å². The number of likely N-dealkylation sites (N-methyl/N-ethyl adjacent to an activating group) is 1. The Bertz CT molecular complexity index is 340. The van der Waals surface area contributed by atoms with Crippen LogP contribution in [0.1, 0.15) is 13.3 Å². The number of hydrogen-bond acceptors (Lipinski definition) is 3. The van der Waals surface area contributed by atoms with Crippen molar-refractivity contribution >= 4 is 11.6 Å². The van der Waals surface area contributed by atoms with E-state index in [1.165, 1.54) is 0 Å². The first kappa shape index (κ1) is 13.5. The summed E-state index contributed by atoms with van der Waals surface area (Å²) in [7, 11) is 1.96. The lowest BCUT2D eigenvalue weighted by atomic mass is 10.2. The van der Waals surface area contributed by atoms with Gasteiger partial charge in [-0.1, -0.05) is 25.1 Å². The van der Waals surface area contributed by atoms with E-state index >= 15 is 0 Å². The molecule has 0 radical (unpaired) electrons. The van der Waals surface area contributed by atoms with Gasteiger partial charge in [-0.15, -0.1) is 0 Å². The Morgan fingerprint density at radius 3 is 2.59 bits per heavy atom. The maximum Gasteiger partial charge on any atom is 0.236 e. The Morgan fingerprint density at radius 2 is 2.06 bits per heavy atom. The van der Waals surface area contributed by atoms with E-state index in [-0.39, 0.29) is 11.9 Å². The maximum absolute atomic E-state index is 11.3. The highest BCUT2D eigenvalue weighted by Crippen LogP contribution is 2.10. The molecular weight excluding hydrogens is 214 g/mol. The Hall–Kier alpha value is -1.55. The molecule has 0 aliphatic rings. The van der Waals surface area contributed by atoms with Crippen LogP contribution < -0.4 is 16.0 Å². The standard InChI is InChI=1S/C13H21N3O/c1-3-9-15-12(13(14)17)10-16(2)11-7-5-4-6-8-11/h4-8,12,15H,3,9-10H2,1-2H3,(H2,14,17). The fourth-order valence-electron chi connectivity index (χ4n) is 1.64. The van der Waals surface area contributed by atoms with E-state index < -0.39 is 0 Å². The van der Waals surface area contributed by atoms with Crippen LogP contribution in [-0.2, 0) is 4.79 Å². The minimum Gasteiger partial charge on any atom is -0.372 e. The zero-order valence-electron chi connectivity index (χ0n) is 10.5. The Balaban J connectivity index is 2.58. The average molecular weight is 235 g/mol. The van der Waals surface area contributed by atoms with Crippen LogP contribution in [0.25, 0.3) is 0 Å². The van der Waals surface area contributed by atoms with Crippen LogP contribution in [0, 0.1) is 0 Å². The molecule has 94 valence electrons. The van der Waals surface area contributed by atoms with E-state index in [1.54, 1.807) is 0 Å². The van der Waals surface area contributed by atoms with Crippen LogP contribution in [0.3, 0.4) is 0 Å². The molecule has 0 saturated heterocycles. The second-order valence-electron chi connectivity index (χ2n) is 4.13. The highest BCUT2D eigenvalue weighted by molar-refractivity contribution is 5.80. The molecule has 0 bridgehead atoms. The van der Waals surface area contributed by atoms with Crippen LogP contribution in [-0.4, -0.2) is 32.1 Å². The SMILES string of the molecule is CCCNC(CN(C)c1ccccc1)C(N)=O. The lowest BCUT2D eigenvalue weighted by Gasteiger charge is -2.24. The molecule has 1 rings (SSSR count). The average Bonchev–Trinajstić information content (AvgIpc) is 2.35.